The lowest BCUT2D eigenvalue weighted by Crippen LogP contribution is -2.50. The molecule has 0 saturated carbocycles. The van der Waals surface area contributed by atoms with Gasteiger partial charge in [0, 0.05) is 38.0 Å². The summed E-state index contributed by atoms with van der Waals surface area (Å²) in [5, 5.41) is 5.85. The van der Waals surface area contributed by atoms with Crippen molar-refractivity contribution >= 4 is 17.8 Å². The number of hydrogen-bond acceptors (Lipinski definition) is 3. The predicted molar refractivity (Wildman–Crippen MR) is 72.2 cm³/mol. The van der Waals surface area contributed by atoms with Crippen molar-refractivity contribution < 1.29 is 4.79 Å². The normalized spacial score (nSPS) is 25.2. The SMILES string of the molecule is CN1CCN(C(=O)NCCC2CC=CS2)CC1. The standard InChI is InChI=1S/C12H21N3OS/c1-14-6-8-15(9-7-14)12(16)13-5-4-11-3-2-10-17-11/h2,10-11H,3-9H2,1H3,(H,13,16). The molecule has 0 aromatic carbocycles. The number of thioether (sulfide) groups is 1. The minimum Gasteiger partial charge on any atom is -0.338 e. The number of carbonyl (C=O) groups is 1. The quantitative estimate of drug-likeness (QED) is 0.827. The van der Waals surface area contributed by atoms with Crippen LogP contribution in [0.15, 0.2) is 11.5 Å². The highest BCUT2D eigenvalue weighted by Crippen LogP contribution is 2.25. The number of likely N-dealkylation sites (N-methyl/N-ethyl adjacent to an activating group) is 1. The molecule has 0 aliphatic carbocycles. The summed E-state index contributed by atoms with van der Waals surface area (Å²) in [6.07, 6.45) is 4.42. The first-order chi connectivity index (χ1) is 8.25. The highest BCUT2D eigenvalue weighted by molar-refractivity contribution is 8.03. The number of carbonyl (C=O) groups excluding carboxylic acids is 1. The van der Waals surface area contributed by atoms with Gasteiger partial charge >= 0.3 is 6.03 Å². The Labute approximate surface area is 107 Å². The maximum atomic E-state index is 11.9. The highest BCUT2D eigenvalue weighted by Gasteiger charge is 2.19. The third-order valence-electron chi connectivity index (χ3n) is 3.30. The molecule has 4 nitrogen and oxygen atoms in total. The molecule has 2 amide bonds. The van der Waals surface area contributed by atoms with Crippen molar-refractivity contribution in [3.8, 4) is 0 Å². The molecule has 5 heteroatoms. The third kappa shape index (κ3) is 3.92. The van der Waals surface area contributed by atoms with Crippen molar-refractivity contribution in [3.05, 3.63) is 11.5 Å². The minimum atomic E-state index is 0.106. The number of nitrogens with zero attached hydrogens (tertiary/aromatic N) is 2. The van der Waals surface area contributed by atoms with E-state index in [1.165, 1.54) is 0 Å². The molecule has 1 N–H and O–H groups in total. The van der Waals surface area contributed by atoms with Crippen LogP contribution in [0.1, 0.15) is 12.8 Å². The molecular formula is C12H21N3OS. The average molecular weight is 255 g/mol. The molecule has 2 aliphatic rings. The Kier molecular flexibility index (Phi) is 4.74. The van der Waals surface area contributed by atoms with E-state index in [-0.39, 0.29) is 6.03 Å². The Hall–Kier alpha value is -0.680. The molecule has 0 aromatic heterocycles. The molecule has 0 radical (unpaired) electrons. The Morgan fingerprint density at radius 2 is 2.18 bits per heavy atom. The molecule has 17 heavy (non-hydrogen) atoms. The van der Waals surface area contributed by atoms with E-state index in [0.29, 0.717) is 5.25 Å². The van der Waals surface area contributed by atoms with Crippen LogP contribution in [0.3, 0.4) is 0 Å². The fraction of sp³-hybridized carbons (Fsp3) is 0.750. The second-order valence-corrected chi connectivity index (χ2v) is 5.89. The van der Waals surface area contributed by atoms with Gasteiger partial charge < -0.3 is 15.1 Å². The van der Waals surface area contributed by atoms with Crippen molar-refractivity contribution in [3.63, 3.8) is 0 Å². The van der Waals surface area contributed by atoms with Crippen LogP contribution < -0.4 is 5.32 Å². The molecule has 1 fully saturated rings. The maximum absolute atomic E-state index is 11.9. The monoisotopic (exact) mass is 255 g/mol. The summed E-state index contributed by atoms with van der Waals surface area (Å²) in [4.78, 5) is 16.0. The van der Waals surface area contributed by atoms with Gasteiger partial charge in [-0.05, 0) is 25.3 Å². The van der Waals surface area contributed by atoms with Crippen LogP contribution in [0.25, 0.3) is 0 Å². The highest BCUT2D eigenvalue weighted by atomic mass is 32.2. The van der Waals surface area contributed by atoms with E-state index in [1.807, 2.05) is 16.7 Å². The maximum Gasteiger partial charge on any atom is 0.317 e. The van der Waals surface area contributed by atoms with E-state index in [0.717, 1.165) is 45.6 Å². The molecule has 96 valence electrons. The second-order valence-electron chi connectivity index (χ2n) is 4.68. The van der Waals surface area contributed by atoms with Crippen LogP contribution in [0, 0.1) is 0 Å². The van der Waals surface area contributed by atoms with Gasteiger partial charge in [-0.15, -0.1) is 11.8 Å². The fourth-order valence-corrected chi connectivity index (χ4v) is 3.00. The number of hydrogen-bond donors (Lipinski definition) is 1. The Morgan fingerprint density at radius 3 is 2.82 bits per heavy atom. The third-order valence-corrected chi connectivity index (χ3v) is 4.46. The van der Waals surface area contributed by atoms with Crippen LogP contribution in [0.5, 0.6) is 0 Å². The summed E-state index contributed by atoms with van der Waals surface area (Å²) in [6.45, 7) is 4.46. The van der Waals surface area contributed by atoms with Crippen LogP contribution in [0.4, 0.5) is 4.79 Å². The first-order valence-corrected chi connectivity index (χ1v) is 7.22. The van der Waals surface area contributed by atoms with Gasteiger partial charge in [0.1, 0.15) is 0 Å². The summed E-state index contributed by atoms with van der Waals surface area (Å²) >= 11 is 1.88. The Bertz CT molecular complexity index is 279. The Balaban J connectivity index is 1.60. The van der Waals surface area contributed by atoms with Crippen LogP contribution in [0.2, 0.25) is 0 Å². The van der Waals surface area contributed by atoms with Crippen molar-refractivity contribution in [1.82, 2.24) is 15.1 Å². The first kappa shape index (κ1) is 12.8. The van der Waals surface area contributed by atoms with Crippen LogP contribution in [-0.2, 0) is 0 Å². The van der Waals surface area contributed by atoms with Crippen LogP contribution >= 0.6 is 11.8 Å². The zero-order chi connectivity index (χ0) is 12.1. The van der Waals surface area contributed by atoms with E-state index in [4.69, 9.17) is 0 Å². The summed E-state index contributed by atoms with van der Waals surface area (Å²) in [7, 11) is 2.10. The van der Waals surface area contributed by atoms with E-state index >= 15 is 0 Å². The topological polar surface area (TPSA) is 35.6 Å². The molecule has 2 aliphatic heterocycles. The first-order valence-electron chi connectivity index (χ1n) is 6.27. The van der Waals surface area contributed by atoms with Gasteiger partial charge in [0.15, 0.2) is 0 Å². The molecular weight excluding hydrogens is 234 g/mol. The zero-order valence-corrected chi connectivity index (χ0v) is 11.2. The van der Waals surface area contributed by atoms with Gasteiger partial charge in [0.2, 0.25) is 0 Å². The van der Waals surface area contributed by atoms with E-state index in [1.54, 1.807) is 0 Å². The molecule has 0 spiro atoms. The Morgan fingerprint density at radius 1 is 1.41 bits per heavy atom. The lowest BCUT2D eigenvalue weighted by atomic mass is 10.2. The molecule has 2 heterocycles. The van der Waals surface area contributed by atoms with Crippen LogP contribution in [-0.4, -0.2) is 60.9 Å². The molecule has 0 bridgehead atoms. The lowest BCUT2D eigenvalue weighted by molar-refractivity contribution is 0.154. The van der Waals surface area contributed by atoms with Gasteiger partial charge in [0.05, 0.1) is 0 Å². The number of urea groups is 1. The number of allylic oxidation sites excluding steroid dienone is 1. The minimum absolute atomic E-state index is 0.106. The van der Waals surface area contributed by atoms with Gasteiger partial charge in [-0.2, -0.15) is 0 Å². The van der Waals surface area contributed by atoms with Gasteiger partial charge in [-0.1, -0.05) is 6.08 Å². The lowest BCUT2D eigenvalue weighted by Gasteiger charge is -2.32. The molecule has 1 atom stereocenters. The van der Waals surface area contributed by atoms with Gasteiger partial charge in [0.25, 0.3) is 0 Å². The van der Waals surface area contributed by atoms with Gasteiger partial charge in [-0.25, -0.2) is 4.79 Å². The molecule has 1 saturated heterocycles. The fourth-order valence-electron chi connectivity index (χ4n) is 2.08. The number of piperazine rings is 1. The van der Waals surface area contributed by atoms with Crippen molar-refractivity contribution in [2.75, 3.05) is 39.8 Å². The summed E-state index contributed by atoms with van der Waals surface area (Å²) < 4.78 is 0. The van der Waals surface area contributed by atoms with E-state index in [9.17, 15) is 4.79 Å². The number of nitrogens with one attached hydrogen (secondary N) is 1. The number of rotatable bonds is 3. The summed E-state index contributed by atoms with van der Waals surface area (Å²) in [5.74, 6) is 0. The smallest absolute Gasteiger partial charge is 0.317 e. The van der Waals surface area contributed by atoms with Crippen molar-refractivity contribution in [2.24, 2.45) is 0 Å². The summed E-state index contributed by atoms with van der Waals surface area (Å²) in [5.41, 5.74) is 0. The largest absolute Gasteiger partial charge is 0.338 e. The average Bonchev–Trinajstić information content (AvgIpc) is 2.83. The molecule has 1 unspecified atom stereocenters. The van der Waals surface area contributed by atoms with Crippen molar-refractivity contribution in [2.45, 2.75) is 18.1 Å². The zero-order valence-electron chi connectivity index (χ0n) is 10.4. The van der Waals surface area contributed by atoms with E-state index < -0.39 is 0 Å². The molecule has 2 rings (SSSR count). The summed E-state index contributed by atoms with van der Waals surface area (Å²) in [6, 6.07) is 0.106. The van der Waals surface area contributed by atoms with E-state index in [2.05, 4.69) is 28.7 Å². The van der Waals surface area contributed by atoms with Crippen molar-refractivity contribution in [1.29, 1.82) is 0 Å². The second kappa shape index (κ2) is 6.31. The van der Waals surface area contributed by atoms with Gasteiger partial charge in [-0.3, -0.25) is 0 Å². The predicted octanol–water partition coefficient (Wildman–Crippen LogP) is 1.35. The number of amides is 2. The molecule has 0 aromatic rings.